The fourth-order valence-corrected chi connectivity index (χ4v) is 11.4. The minimum absolute atomic E-state index is 0.551. The Morgan fingerprint density at radius 1 is 0.261 bits per heavy atom. The van der Waals surface area contributed by atoms with Crippen LogP contribution >= 0.6 is 0 Å². The van der Waals surface area contributed by atoms with Crippen LogP contribution in [0, 0.1) is 0 Å². The van der Waals surface area contributed by atoms with Gasteiger partial charge in [0.2, 0.25) is 5.95 Å². The Kier molecular flexibility index (Phi) is 7.97. The van der Waals surface area contributed by atoms with E-state index in [1.807, 2.05) is 18.2 Å². The molecule has 0 radical (unpaired) electrons. The third-order valence-electron chi connectivity index (χ3n) is 14.3. The zero-order valence-corrected chi connectivity index (χ0v) is 37.1. The molecule has 320 valence electrons. The second-order valence-electron chi connectivity index (χ2n) is 17.9. The Balaban J connectivity index is 1.07. The van der Waals surface area contributed by atoms with Gasteiger partial charge in [0.05, 0.1) is 38.8 Å². The summed E-state index contributed by atoms with van der Waals surface area (Å²) in [6.45, 7) is 0. The van der Waals surface area contributed by atoms with Gasteiger partial charge in [0.15, 0.2) is 11.6 Å². The van der Waals surface area contributed by atoms with Crippen molar-refractivity contribution in [2.75, 3.05) is 0 Å². The van der Waals surface area contributed by atoms with Crippen molar-refractivity contribution in [2.24, 2.45) is 0 Å². The number of rotatable bonds is 5. The summed E-state index contributed by atoms with van der Waals surface area (Å²) in [5.41, 5.74) is 10.6. The van der Waals surface area contributed by atoms with E-state index < -0.39 is 0 Å². The molecule has 0 N–H and O–H groups in total. The van der Waals surface area contributed by atoms with Gasteiger partial charge in [-0.1, -0.05) is 176 Å². The maximum absolute atomic E-state index is 5.54. The van der Waals surface area contributed by atoms with E-state index in [4.69, 9.17) is 15.0 Å². The third kappa shape index (κ3) is 5.45. The summed E-state index contributed by atoms with van der Waals surface area (Å²) in [7, 11) is 0. The second-order valence-corrected chi connectivity index (χ2v) is 17.9. The minimum atomic E-state index is 0.551. The first-order valence-electron chi connectivity index (χ1n) is 23.5. The number of hydrogen-bond donors (Lipinski definition) is 0. The summed E-state index contributed by atoms with van der Waals surface area (Å²) in [6.07, 6.45) is 0. The molecule has 0 saturated heterocycles. The highest BCUT2D eigenvalue weighted by atomic mass is 15.2. The molecule has 0 fully saturated rings. The predicted octanol–water partition coefficient (Wildman–Crippen LogP) is 16.0. The molecule has 69 heavy (non-hydrogen) atoms. The highest BCUT2D eigenvalue weighted by Crippen LogP contribution is 2.45. The van der Waals surface area contributed by atoms with Crippen molar-refractivity contribution in [3.63, 3.8) is 0 Å². The summed E-state index contributed by atoms with van der Waals surface area (Å²) >= 11 is 0. The van der Waals surface area contributed by atoms with Crippen LogP contribution < -0.4 is 0 Å². The molecule has 0 unspecified atom stereocenters. The fourth-order valence-electron chi connectivity index (χ4n) is 11.4. The van der Waals surface area contributed by atoms with E-state index in [1.54, 1.807) is 0 Å². The standard InChI is InChI=1S/C63H38N6/c1-3-18-39(19-4-1)61-64-62(40-34-37-56-52(38-40)47-27-13-14-30-53(47)67(56)41-20-5-2-6-21-41)66-63(65-61)69-55-32-16-12-26-46(55)51-36-35-50-45-25-11-15-31-54(45)68(59(50)60(51)69)57-33-17-29-49-44-23-8-7-22-42(44)43-24-9-10-28-48(43)58(49)57/h1-38H. The molecule has 0 aliphatic rings. The molecular formula is C63H38N6. The highest BCUT2D eigenvalue weighted by Gasteiger charge is 2.25. The van der Waals surface area contributed by atoms with Crippen molar-refractivity contribution < 1.29 is 0 Å². The lowest BCUT2D eigenvalue weighted by Gasteiger charge is -2.17. The van der Waals surface area contributed by atoms with Gasteiger partial charge in [-0.05, 0) is 81.5 Å². The maximum atomic E-state index is 5.54. The van der Waals surface area contributed by atoms with Crippen molar-refractivity contribution in [3.05, 3.63) is 231 Å². The molecule has 6 nitrogen and oxygen atoms in total. The zero-order chi connectivity index (χ0) is 45.2. The smallest absolute Gasteiger partial charge is 0.238 e. The van der Waals surface area contributed by atoms with Gasteiger partial charge in [0, 0.05) is 54.5 Å². The summed E-state index contributed by atoms with van der Waals surface area (Å²) in [6, 6.07) is 82.6. The molecule has 0 spiro atoms. The van der Waals surface area contributed by atoms with Crippen LogP contribution in [0.4, 0.5) is 0 Å². The molecule has 11 aromatic carbocycles. The summed E-state index contributed by atoms with van der Waals surface area (Å²) in [5, 5.41) is 14.3. The first-order chi connectivity index (χ1) is 34.3. The summed E-state index contributed by atoms with van der Waals surface area (Å²) in [5.74, 6) is 1.76. The van der Waals surface area contributed by atoms with Crippen LogP contribution in [-0.4, -0.2) is 28.7 Å². The molecular weight excluding hydrogens is 841 g/mol. The molecule has 15 rings (SSSR count). The molecule has 4 heterocycles. The van der Waals surface area contributed by atoms with Gasteiger partial charge in [0.1, 0.15) is 0 Å². The van der Waals surface area contributed by atoms with Crippen molar-refractivity contribution in [1.29, 1.82) is 0 Å². The number of hydrogen-bond acceptors (Lipinski definition) is 3. The molecule has 0 aliphatic carbocycles. The first kappa shape index (κ1) is 37.8. The topological polar surface area (TPSA) is 53.5 Å². The number of para-hydroxylation sites is 4. The summed E-state index contributed by atoms with van der Waals surface area (Å²) in [4.78, 5) is 16.3. The number of nitrogens with zero attached hydrogens (tertiary/aromatic N) is 6. The second kappa shape index (κ2) is 14.6. The van der Waals surface area contributed by atoms with Crippen molar-refractivity contribution in [3.8, 4) is 40.1 Å². The molecule has 0 bridgehead atoms. The fraction of sp³-hybridized carbons (Fsp3) is 0. The molecule has 6 heteroatoms. The third-order valence-corrected chi connectivity index (χ3v) is 14.3. The van der Waals surface area contributed by atoms with E-state index in [9.17, 15) is 0 Å². The monoisotopic (exact) mass is 878 g/mol. The van der Waals surface area contributed by atoms with Crippen LogP contribution in [0.3, 0.4) is 0 Å². The van der Waals surface area contributed by atoms with Crippen LogP contribution in [0.5, 0.6) is 0 Å². The van der Waals surface area contributed by atoms with Gasteiger partial charge < -0.3 is 9.13 Å². The number of aromatic nitrogens is 6. The van der Waals surface area contributed by atoms with E-state index in [0.29, 0.717) is 17.6 Å². The first-order valence-corrected chi connectivity index (χ1v) is 23.5. The van der Waals surface area contributed by atoms with E-state index in [2.05, 4.69) is 226 Å². The van der Waals surface area contributed by atoms with Gasteiger partial charge in [-0.25, -0.2) is 4.98 Å². The normalized spacial score (nSPS) is 12.1. The molecule has 4 aromatic heterocycles. The quantitative estimate of drug-likeness (QED) is 0.162. The van der Waals surface area contributed by atoms with Gasteiger partial charge in [0.25, 0.3) is 0 Å². The molecule has 0 amide bonds. The maximum Gasteiger partial charge on any atom is 0.238 e. The van der Waals surface area contributed by atoms with Gasteiger partial charge >= 0.3 is 0 Å². The van der Waals surface area contributed by atoms with Crippen LogP contribution in [0.2, 0.25) is 0 Å². The van der Waals surface area contributed by atoms with Crippen molar-refractivity contribution in [2.45, 2.75) is 0 Å². The predicted molar refractivity (Wildman–Crippen MR) is 286 cm³/mol. The van der Waals surface area contributed by atoms with E-state index in [1.165, 1.54) is 43.1 Å². The Bertz CT molecular complexity index is 4550. The van der Waals surface area contributed by atoms with E-state index in [0.717, 1.165) is 77.1 Å². The van der Waals surface area contributed by atoms with E-state index in [-0.39, 0.29) is 0 Å². The molecule has 15 aromatic rings. The van der Waals surface area contributed by atoms with Crippen LogP contribution in [0.15, 0.2) is 231 Å². The Morgan fingerprint density at radius 2 is 0.710 bits per heavy atom. The lowest BCUT2D eigenvalue weighted by molar-refractivity contribution is 0.953. The van der Waals surface area contributed by atoms with Crippen molar-refractivity contribution in [1.82, 2.24) is 28.7 Å². The largest absolute Gasteiger partial charge is 0.309 e. The molecule has 0 saturated carbocycles. The lowest BCUT2D eigenvalue weighted by atomic mass is 9.93. The van der Waals surface area contributed by atoms with Crippen molar-refractivity contribution >= 4 is 97.7 Å². The Hall–Kier alpha value is -9.39. The van der Waals surface area contributed by atoms with Crippen LogP contribution in [0.1, 0.15) is 0 Å². The molecule has 0 atom stereocenters. The van der Waals surface area contributed by atoms with Crippen LogP contribution in [-0.2, 0) is 0 Å². The minimum Gasteiger partial charge on any atom is -0.309 e. The van der Waals surface area contributed by atoms with E-state index >= 15 is 0 Å². The Labute approximate surface area is 395 Å². The SMILES string of the molecule is c1ccc(-c2nc(-c3ccc4c(c3)c3ccccc3n4-c3ccccc3)nc(-n3c4ccccc4c4ccc5c6ccccc6n(-c6cccc7c8ccccc8c8ccccc8c67)c5c43)n2)cc1. The number of benzene rings is 11. The highest BCUT2D eigenvalue weighted by molar-refractivity contribution is 6.29. The summed E-state index contributed by atoms with van der Waals surface area (Å²) < 4.78 is 7.13. The average molecular weight is 879 g/mol. The Morgan fingerprint density at radius 3 is 1.35 bits per heavy atom. The van der Waals surface area contributed by atoms with Gasteiger partial charge in [-0.15, -0.1) is 0 Å². The van der Waals surface area contributed by atoms with Crippen LogP contribution in [0.25, 0.3) is 138 Å². The lowest BCUT2D eigenvalue weighted by Crippen LogP contribution is -2.07. The molecule has 0 aliphatic heterocycles. The zero-order valence-electron chi connectivity index (χ0n) is 37.1. The van der Waals surface area contributed by atoms with Gasteiger partial charge in [-0.3, -0.25) is 4.57 Å². The van der Waals surface area contributed by atoms with Gasteiger partial charge in [-0.2, -0.15) is 9.97 Å². The number of fused-ring (bicyclic) bond motifs is 16. The average Bonchev–Trinajstić information content (AvgIpc) is 4.07.